The van der Waals surface area contributed by atoms with E-state index in [9.17, 15) is 0 Å². The summed E-state index contributed by atoms with van der Waals surface area (Å²) in [5.74, 6) is 1.68. The van der Waals surface area contributed by atoms with Gasteiger partial charge >= 0.3 is 0 Å². The number of piperidine rings is 1. The minimum absolute atomic E-state index is 0.702. The Kier molecular flexibility index (Phi) is 8.56. The Bertz CT molecular complexity index is 685. The van der Waals surface area contributed by atoms with Gasteiger partial charge in [0.15, 0.2) is 0 Å². The molecule has 0 aromatic heterocycles. The summed E-state index contributed by atoms with van der Waals surface area (Å²) in [7, 11) is 2.35. The van der Waals surface area contributed by atoms with Crippen molar-refractivity contribution in [2.75, 3.05) is 46.5 Å². The predicted molar refractivity (Wildman–Crippen MR) is 130 cm³/mol. The molecule has 1 unspecified atom stereocenters. The molecule has 0 amide bonds. The van der Waals surface area contributed by atoms with Gasteiger partial charge in [-0.2, -0.15) is 0 Å². The molecule has 0 spiro atoms. The van der Waals surface area contributed by atoms with E-state index in [4.69, 9.17) is 16.3 Å². The van der Waals surface area contributed by atoms with Crippen molar-refractivity contribution >= 4 is 11.6 Å². The Morgan fingerprint density at radius 3 is 2.48 bits per heavy atom. The van der Waals surface area contributed by atoms with E-state index in [2.05, 4.69) is 27.8 Å². The fourth-order valence-corrected chi connectivity index (χ4v) is 6.12. The lowest BCUT2D eigenvalue weighted by Crippen LogP contribution is -2.56. The van der Waals surface area contributed by atoms with E-state index in [1.54, 1.807) is 0 Å². The molecule has 1 aromatic rings. The van der Waals surface area contributed by atoms with Crippen molar-refractivity contribution in [2.45, 2.75) is 76.8 Å². The first-order chi connectivity index (χ1) is 15.1. The summed E-state index contributed by atoms with van der Waals surface area (Å²) >= 11 is 6.48. The van der Waals surface area contributed by atoms with Crippen molar-refractivity contribution in [3.63, 3.8) is 0 Å². The summed E-state index contributed by atoms with van der Waals surface area (Å²) in [4.78, 5) is 8.11. The fraction of sp³-hybridized carbons (Fsp3) is 0.769. The Hall–Kier alpha value is -0.810. The minimum Gasteiger partial charge on any atom is -0.494 e. The highest BCUT2D eigenvalue weighted by Crippen LogP contribution is 2.30. The molecule has 31 heavy (non-hydrogen) atoms. The van der Waals surface area contributed by atoms with Crippen molar-refractivity contribution in [3.05, 3.63) is 28.8 Å². The molecule has 1 saturated carbocycles. The molecule has 4 nitrogen and oxygen atoms in total. The molecule has 3 fully saturated rings. The maximum absolute atomic E-state index is 6.48. The van der Waals surface area contributed by atoms with Crippen molar-refractivity contribution in [1.29, 1.82) is 0 Å². The summed E-state index contributed by atoms with van der Waals surface area (Å²) in [6, 6.07) is 7.68. The highest BCUT2D eigenvalue weighted by molar-refractivity contribution is 6.31. The quantitative estimate of drug-likeness (QED) is 0.565. The van der Waals surface area contributed by atoms with Crippen LogP contribution in [0.5, 0.6) is 5.75 Å². The third kappa shape index (κ3) is 6.37. The Morgan fingerprint density at radius 2 is 1.77 bits per heavy atom. The molecule has 2 aliphatic heterocycles. The van der Waals surface area contributed by atoms with Crippen LogP contribution in [0.3, 0.4) is 0 Å². The average molecular weight is 448 g/mol. The van der Waals surface area contributed by atoms with E-state index in [1.165, 1.54) is 89.8 Å². The molecule has 4 rings (SSSR count). The molecule has 3 aliphatic rings. The van der Waals surface area contributed by atoms with Gasteiger partial charge in [0.1, 0.15) is 5.75 Å². The van der Waals surface area contributed by atoms with E-state index >= 15 is 0 Å². The van der Waals surface area contributed by atoms with Crippen molar-refractivity contribution in [1.82, 2.24) is 14.7 Å². The lowest BCUT2D eigenvalue weighted by Gasteiger charge is -2.46. The monoisotopic (exact) mass is 447 g/mol. The van der Waals surface area contributed by atoms with Gasteiger partial charge in [-0.3, -0.25) is 9.80 Å². The maximum Gasteiger partial charge on any atom is 0.119 e. The van der Waals surface area contributed by atoms with Gasteiger partial charge < -0.3 is 9.64 Å². The van der Waals surface area contributed by atoms with Crippen LogP contribution in [0.2, 0.25) is 5.02 Å². The van der Waals surface area contributed by atoms with Crippen molar-refractivity contribution in [2.24, 2.45) is 5.92 Å². The number of ether oxygens (including phenoxy) is 1. The highest BCUT2D eigenvalue weighted by Gasteiger charge is 2.31. The van der Waals surface area contributed by atoms with Crippen LogP contribution in [0, 0.1) is 5.92 Å². The number of nitrogens with zero attached hydrogens (tertiary/aromatic N) is 3. The van der Waals surface area contributed by atoms with Crippen LogP contribution in [0.15, 0.2) is 18.2 Å². The third-order valence-electron chi connectivity index (χ3n) is 7.88. The zero-order valence-corrected chi connectivity index (χ0v) is 20.5. The number of likely N-dealkylation sites (N-methyl/N-ethyl adjacent to an activating group) is 1. The van der Waals surface area contributed by atoms with Gasteiger partial charge in [-0.1, -0.05) is 30.9 Å². The number of rotatable bonds is 7. The first-order valence-electron chi connectivity index (χ1n) is 12.7. The van der Waals surface area contributed by atoms with Crippen LogP contribution in [-0.2, 0) is 6.42 Å². The first kappa shape index (κ1) is 23.4. The van der Waals surface area contributed by atoms with Gasteiger partial charge in [-0.15, -0.1) is 0 Å². The molecule has 0 N–H and O–H groups in total. The van der Waals surface area contributed by atoms with E-state index < -0.39 is 0 Å². The van der Waals surface area contributed by atoms with E-state index in [0.717, 1.165) is 29.2 Å². The predicted octanol–water partition coefficient (Wildman–Crippen LogP) is 5.29. The van der Waals surface area contributed by atoms with Crippen LogP contribution < -0.4 is 4.74 Å². The lowest BCUT2D eigenvalue weighted by molar-refractivity contribution is 0.00326. The van der Waals surface area contributed by atoms with Gasteiger partial charge in [0.25, 0.3) is 0 Å². The molecule has 2 saturated heterocycles. The number of benzene rings is 1. The number of hydrogen-bond donors (Lipinski definition) is 0. The van der Waals surface area contributed by atoms with Crippen LogP contribution in [0.4, 0.5) is 0 Å². The molecule has 2 heterocycles. The smallest absolute Gasteiger partial charge is 0.119 e. The molecule has 0 radical (unpaired) electrons. The van der Waals surface area contributed by atoms with Gasteiger partial charge in [0.05, 0.1) is 13.3 Å². The molecule has 1 aromatic carbocycles. The summed E-state index contributed by atoms with van der Waals surface area (Å²) < 4.78 is 5.67. The van der Waals surface area contributed by atoms with Crippen LogP contribution in [0.1, 0.15) is 63.9 Å². The summed E-state index contributed by atoms with van der Waals surface area (Å²) in [5.41, 5.74) is 1.25. The number of likely N-dealkylation sites (tertiary alicyclic amines) is 1. The largest absolute Gasteiger partial charge is 0.494 e. The van der Waals surface area contributed by atoms with Crippen molar-refractivity contribution in [3.8, 4) is 5.75 Å². The zero-order chi connectivity index (χ0) is 21.6. The zero-order valence-electron chi connectivity index (χ0n) is 19.7. The van der Waals surface area contributed by atoms with Gasteiger partial charge in [0, 0.05) is 30.2 Å². The SMILES string of the molecule is CCOc1ccc(Cl)c(CC2CCN(CC3CCN(C4CCCCC4)CN3C)CC2)c1. The molecule has 174 valence electrons. The van der Waals surface area contributed by atoms with E-state index in [1.807, 2.05) is 19.1 Å². The minimum atomic E-state index is 0.702. The number of hydrogen-bond acceptors (Lipinski definition) is 4. The van der Waals surface area contributed by atoms with Crippen LogP contribution in [-0.4, -0.2) is 73.3 Å². The van der Waals surface area contributed by atoms with E-state index in [-0.39, 0.29) is 0 Å². The van der Waals surface area contributed by atoms with Crippen molar-refractivity contribution < 1.29 is 4.74 Å². The normalized spacial score (nSPS) is 25.7. The number of halogens is 1. The Balaban J connectivity index is 1.21. The molecule has 1 aliphatic carbocycles. The fourth-order valence-electron chi connectivity index (χ4n) is 5.93. The second kappa shape index (κ2) is 11.4. The topological polar surface area (TPSA) is 19.0 Å². The summed E-state index contributed by atoms with van der Waals surface area (Å²) in [6.07, 6.45) is 12.1. The molecular formula is C26H42ClN3O. The standard InChI is InChI=1S/C26H42ClN3O/c1-3-31-25-9-10-26(27)22(18-25)17-21-11-14-29(15-12-21)19-24-13-16-30(20-28(24)2)23-7-5-4-6-8-23/h9-10,18,21,23-24H,3-8,11-17,19-20H2,1-2H3. The Labute approximate surface area is 194 Å². The average Bonchev–Trinajstić information content (AvgIpc) is 2.79. The van der Waals surface area contributed by atoms with Crippen LogP contribution >= 0.6 is 11.6 Å². The van der Waals surface area contributed by atoms with E-state index in [0.29, 0.717) is 12.6 Å². The second-order valence-electron chi connectivity index (χ2n) is 10.1. The molecule has 5 heteroatoms. The summed E-state index contributed by atoms with van der Waals surface area (Å²) in [5, 5.41) is 0.886. The first-order valence-corrected chi connectivity index (χ1v) is 13.1. The molecule has 0 bridgehead atoms. The van der Waals surface area contributed by atoms with Gasteiger partial charge in [-0.05, 0) is 95.3 Å². The third-order valence-corrected chi connectivity index (χ3v) is 8.25. The Morgan fingerprint density at radius 1 is 1.00 bits per heavy atom. The van der Waals surface area contributed by atoms with Crippen LogP contribution in [0.25, 0.3) is 0 Å². The van der Waals surface area contributed by atoms with Gasteiger partial charge in [-0.25, -0.2) is 0 Å². The molecular weight excluding hydrogens is 406 g/mol. The summed E-state index contributed by atoms with van der Waals surface area (Å²) in [6.45, 7) is 8.89. The van der Waals surface area contributed by atoms with Gasteiger partial charge in [0.2, 0.25) is 0 Å². The lowest BCUT2D eigenvalue weighted by atomic mass is 9.89. The second-order valence-corrected chi connectivity index (χ2v) is 10.5. The highest BCUT2D eigenvalue weighted by atomic mass is 35.5. The molecule has 1 atom stereocenters. The maximum atomic E-state index is 6.48.